The van der Waals surface area contributed by atoms with Gasteiger partial charge in [0.25, 0.3) is 0 Å². The molecule has 1 amide bonds. The number of hydrogen-bond donors (Lipinski definition) is 0. The van der Waals surface area contributed by atoms with Crippen LogP contribution in [0.2, 0.25) is 5.02 Å². The molecule has 1 rings (SSSR count). The Morgan fingerprint density at radius 2 is 2.17 bits per heavy atom. The van der Waals surface area contributed by atoms with Crippen LogP contribution in [0.15, 0.2) is 21.7 Å². The normalized spacial score (nSPS) is 12.3. The maximum atomic E-state index is 13.8. The maximum absolute atomic E-state index is 13.8. The molecule has 1 aromatic carbocycles. The lowest BCUT2D eigenvalue weighted by molar-refractivity contribution is -0.145. The van der Waals surface area contributed by atoms with Crippen molar-refractivity contribution in [2.24, 2.45) is 11.0 Å². The molecule has 0 radical (unpaired) electrons. The summed E-state index contributed by atoms with van der Waals surface area (Å²) in [7, 11) is 1.42. The van der Waals surface area contributed by atoms with Crippen molar-refractivity contribution in [3.63, 3.8) is 0 Å². The summed E-state index contributed by atoms with van der Waals surface area (Å²) in [4.78, 5) is 23.6. The van der Waals surface area contributed by atoms with Crippen molar-refractivity contribution in [3.8, 4) is 0 Å². The number of rotatable bonds is 6. The van der Waals surface area contributed by atoms with E-state index in [1.165, 1.54) is 25.4 Å². The summed E-state index contributed by atoms with van der Waals surface area (Å²) < 4.78 is 19.0. The van der Waals surface area contributed by atoms with Gasteiger partial charge in [-0.25, -0.2) is 9.40 Å². The van der Waals surface area contributed by atoms with Crippen LogP contribution in [0.25, 0.3) is 0 Å². The van der Waals surface area contributed by atoms with Crippen LogP contribution in [0.3, 0.4) is 0 Å². The molecule has 1 aromatic rings. The van der Waals surface area contributed by atoms with Crippen molar-refractivity contribution in [2.75, 3.05) is 13.7 Å². The lowest BCUT2D eigenvalue weighted by atomic mass is 10.1. The van der Waals surface area contributed by atoms with Gasteiger partial charge in [0.15, 0.2) is 0 Å². The zero-order valence-corrected chi connectivity index (χ0v) is 15.3. The minimum atomic E-state index is -0.583. The number of carbonyl (C=O) groups excluding carboxylic acids is 2. The Bertz CT molecular complexity index is 625. The fourth-order valence-electron chi connectivity index (χ4n) is 1.60. The van der Waals surface area contributed by atoms with E-state index < -0.39 is 23.6 Å². The molecule has 0 aliphatic heterocycles. The number of esters is 1. The van der Waals surface area contributed by atoms with Gasteiger partial charge in [0.2, 0.25) is 5.91 Å². The molecular formula is C15H17BrClFN2O3. The smallest absolute Gasteiger partial charge is 0.314 e. The van der Waals surface area contributed by atoms with E-state index in [0.717, 1.165) is 5.01 Å². The van der Waals surface area contributed by atoms with E-state index >= 15 is 0 Å². The monoisotopic (exact) mass is 406 g/mol. The second-order valence-electron chi connectivity index (χ2n) is 4.72. The van der Waals surface area contributed by atoms with E-state index in [9.17, 15) is 14.0 Å². The minimum Gasteiger partial charge on any atom is -0.466 e. The van der Waals surface area contributed by atoms with Crippen LogP contribution in [-0.2, 0) is 20.7 Å². The molecule has 8 heteroatoms. The summed E-state index contributed by atoms with van der Waals surface area (Å²) in [5.41, 5.74) is 0.156. The van der Waals surface area contributed by atoms with Crippen LogP contribution in [-0.4, -0.2) is 36.8 Å². The molecule has 0 saturated heterocycles. The first-order valence-electron chi connectivity index (χ1n) is 6.87. The third-order valence-electron chi connectivity index (χ3n) is 2.95. The second-order valence-corrected chi connectivity index (χ2v) is 5.92. The molecule has 0 spiro atoms. The quantitative estimate of drug-likeness (QED) is 0.314. The highest BCUT2D eigenvalue weighted by molar-refractivity contribution is 9.10. The van der Waals surface area contributed by atoms with E-state index in [1.807, 2.05) is 0 Å². The number of likely N-dealkylation sites (N-methyl/N-ethyl adjacent to an activating group) is 1. The summed E-state index contributed by atoms with van der Waals surface area (Å²) in [5.74, 6) is -1.99. The van der Waals surface area contributed by atoms with E-state index in [-0.39, 0.29) is 18.6 Å². The summed E-state index contributed by atoms with van der Waals surface area (Å²) in [6.45, 7) is 3.58. The highest BCUT2D eigenvalue weighted by Crippen LogP contribution is 2.29. The number of nitrogens with zero attached hydrogens (tertiary/aromatic N) is 2. The highest BCUT2D eigenvalue weighted by atomic mass is 79.9. The van der Waals surface area contributed by atoms with Gasteiger partial charge in [0.05, 0.1) is 24.0 Å². The Labute approximate surface area is 147 Å². The fourth-order valence-corrected chi connectivity index (χ4v) is 2.23. The van der Waals surface area contributed by atoms with Gasteiger partial charge in [-0.05, 0) is 41.9 Å². The molecule has 0 N–H and O–H groups in total. The first-order chi connectivity index (χ1) is 10.8. The van der Waals surface area contributed by atoms with Crippen molar-refractivity contribution in [3.05, 3.63) is 33.0 Å². The van der Waals surface area contributed by atoms with Crippen LogP contribution in [0, 0.1) is 11.7 Å². The molecule has 0 aliphatic carbocycles. The maximum Gasteiger partial charge on any atom is 0.314 e. The van der Waals surface area contributed by atoms with Gasteiger partial charge in [-0.3, -0.25) is 9.59 Å². The molecule has 0 fully saturated rings. The minimum absolute atomic E-state index is 0.156. The molecule has 1 atom stereocenters. The number of amides is 1. The van der Waals surface area contributed by atoms with Gasteiger partial charge in [-0.1, -0.05) is 11.6 Å². The Morgan fingerprint density at radius 3 is 2.78 bits per heavy atom. The summed E-state index contributed by atoms with van der Waals surface area (Å²) >= 11 is 9.06. The summed E-state index contributed by atoms with van der Waals surface area (Å²) in [6.07, 6.45) is 1.09. The van der Waals surface area contributed by atoms with Crippen molar-refractivity contribution < 1.29 is 18.7 Å². The molecule has 23 heavy (non-hydrogen) atoms. The summed E-state index contributed by atoms with van der Waals surface area (Å²) in [5, 5.41) is 5.25. The molecule has 126 valence electrons. The van der Waals surface area contributed by atoms with Gasteiger partial charge in [-0.2, -0.15) is 5.10 Å². The number of hydrazone groups is 1. The molecule has 0 aliphatic rings. The lowest BCUT2D eigenvalue weighted by Crippen LogP contribution is -2.25. The van der Waals surface area contributed by atoms with Crippen molar-refractivity contribution in [2.45, 2.75) is 20.3 Å². The van der Waals surface area contributed by atoms with Crippen molar-refractivity contribution in [1.29, 1.82) is 0 Å². The lowest BCUT2D eigenvalue weighted by Gasteiger charge is -2.13. The molecule has 0 aromatic heterocycles. The molecule has 0 heterocycles. The van der Waals surface area contributed by atoms with Crippen LogP contribution < -0.4 is 0 Å². The molecule has 0 saturated carbocycles. The zero-order chi connectivity index (χ0) is 17.6. The fraction of sp³-hybridized carbons (Fsp3) is 0.400. The zero-order valence-electron chi connectivity index (χ0n) is 13.0. The Hall–Kier alpha value is -1.47. The topological polar surface area (TPSA) is 59.0 Å². The molecule has 1 unspecified atom stereocenters. The second kappa shape index (κ2) is 8.98. The molecular weight excluding hydrogens is 391 g/mol. The molecule has 0 bridgehead atoms. The van der Waals surface area contributed by atoms with Crippen molar-refractivity contribution >= 4 is 45.6 Å². The predicted octanol–water partition coefficient (Wildman–Crippen LogP) is 3.43. The SMILES string of the molecule is CCOC(=O)C(C)C=NN(C)C(=O)Cc1c(F)ccc(Cl)c1Br. The Morgan fingerprint density at radius 1 is 1.52 bits per heavy atom. The van der Waals surface area contributed by atoms with Gasteiger partial charge in [-0.15, -0.1) is 0 Å². The highest BCUT2D eigenvalue weighted by Gasteiger charge is 2.17. The molecule has 5 nitrogen and oxygen atoms in total. The van der Waals surface area contributed by atoms with Crippen LogP contribution >= 0.6 is 27.5 Å². The Kier molecular flexibility index (Phi) is 7.64. The van der Waals surface area contributed by atoms with Crippen LogP contribution in [0.4, 0.5) is 4.39 Å². The average molecular weight is 408 g/mol. The number of halogens is 3. The third-order valence-corrected chi connectivity index (χ3v) is 4.40. The number of carbonyl (C=O) groups is 2. The number of hydrogen-bond acceptors (Lipinski definition) is 4. The average Bonchev–Trinajstić information content (AvgIpc) is 2.52. The van der Waals surface area contributed by atoms with E-state index in [4.69, 9.17) is 16.3 Å². The van der Waals surface area contributed by atoms with Gasteiger partial charge < -0.3 is 4.74 Å². The number of ether oxygens (including phenoxy) is 1. The van der Waals surface area contributed by atoms with Crippen molar-refractivity contribution in [1.82, 2.24) is 5.01 Å². The standard InChI is InChI=1S/C15H17BrClFN2O3/c1-4-23-15(22)9(2)8-19-20(3)13(21)7-10-12(18)6-5-11(17)14(10)16/h5-6,8-9H,4,7H2,1-3H3. The summed E-state index contributed by atoms with van der Waals surface area (Å²) in [6, 6.07) is 2.60. The first-order valence-corrected chi connectivity index (χ1v) is 8.04. The van der Waals surface area contributed by atoms with E-state index in [0.29, 0.717) is 9.50 Å². The van der Waals surface area contributed by atoms with E-state index in [2.05, 4.69) is 21.0 Å². The Balaban J connectivity index is 2.75. The largest absolute Gasteiger partial charge is 0.466 e. The predicted molar refractivity (Wildman–Crippen MR) is 89.9 cm³/mol. The third kappa shape index (κ3) is 5.58. The van der Waals surface area contributed by atoms with Gasteiger partial charge in [0, 0.05) is 23.3 Å². The van der Waals surface area contributed by atoms with Gasteiger partial charge >= 0.3 is 5.97 Å². The van der Waals surface area contributed by atoms with Crippen LogP contribution in [0.5, 0.6) is 0 Å². The first kappa shape index (κ1) is 19.6. The number of benzene rings is 1. The van der Waals surface area contributed by atoms with Crippen LogP contribution in [0.1, 0.15) is 19.4 Å². The van der Waals surface area contributed by atoms with Gasteiger partial charge in [0.1, 0.15) is 5.82 Å². The van der Waals surface area contributed by atoms with E-state index in [1.54, 1.807) is 13.8 Å².